The van der Waals surface area contributed by atoms with E-state index in [1.54, 1.807) is 13.0 Å². The lowest BCUT2D eigenvalue weighted by molar-refractivity contribution is 0.0250. The Labute approximate surface area is 124 Å². The Morgan fingerprint density at radius 1 is 1.50 bits per heavy atom. The lowest BCUT2D eigenvalue weighted by atomic mass is 10.0. The van der Waals surface area contributed by atoms with E-state index in [1.807, 2.05) is 6.92 Å². The summed E-state index contributed by atoms with van der Waals surface area (Å²) in [6, 6.07) is 2.94. The summed E-state index contributed by atoms with van der Waals surface area (Å²) in [7, 11) is -3.62. The van der Waals surface area contributed by atoms with Gasteiger partial charge in [0, 0.05) is 13.2 Å². The van der Waals surface area contributed by atoms with Gasteiger partial charge in [-0.25, -0.2) is 13.1 Å². The van der Waals surface area contributed by atoms with Gasteiger partial charge in [0.1, 0.15) is 0 Å². The first-order chi connectivity index (χ1) is 9.23. The van der Waals surface area contributed by atoms with Gasteiger partial charge in [-0.2, -0.15) is 0 Å². The number of anilines is 1. The summed E-state index contributed by atoms with van der Waals surface area (Å²) in [5, 5.41) is 0.354. The van der Waals surface area contributed by atoms with Gasteiger partial charge in [0.05, 0.1) is 21.2 Å². The second kappa shape index (κ2) is 5.52. The van der Waals surface area contributed by atoms with Gasteiger partial charge in [-0.1, -0.05) is 11.6 Å². The minimum Gasteiger partial charge on any atom is -0.397 e. The third-order valence-corrected chi connectivity index (χ3v) is 5.39. The smallest absolute Gasteiger partial charge is 0.241 e. The van der Waals surface area contributed by atoms with Gasteiger partial charge in [-0.05, 0) is 44.4 Å². The Kier molecular flexibility index (Phi) is 4.30. The first-order valence-corrected chi connectivity index (χ1v) is 8.29. The number of benzene rings is 1. The molecule has 0 aliphatic carbocycles. The van der Waals surface area contributed by atoms with Crippen LogP contribution >= 0.6 is 11.6 Å². The Balaban J connectivity index is 2.20. The van der Waals surface area contributed by atoms with Crippen molar-refractivity contribution >= 4 is 27.3 Å². The summed E-state index contributed by atoms with van der Waals surface area (Å²) >= 11 is 5.88. The molecule has 1 aromatic carbocycles. The number of nitrogen functional groups attached to an aromatic ring is 1. The van der Waals surface area contributed by atoms with E-state index in [9.17, 15) is 8.42 Å². The predicted molar refractivity (Wildman–Crippen MR) is 79.4 cm³/mol. The van der Waals surface area contributed by atoms with Crippen molar-refractivity contribution < 1.29 is 13.2 Å². The molecule has 1 aliphatic rings. The molecule has 20 heavy (non-hydrogen) atoms. The normalized spacial score (nSPS) is 23.1. The summed E-state index contributed by atoms with van der Waals surface area (Å²) < 4.78 is 32.9. The molecule has 0 amide bonds. The lowest BCUT2D eigenvalue weighted by Crippen LogP contribution is -2.40. The predicted octanol–water partition coefficient (Wildman–Crippen LogP) is 2.08. The molecule has 0 spiro atoms. The van der Waals surface area contributed by atoms with Crippen LogP contribution in [0.3, 0.4) is 0 Å². The molecule has 0 aromatic heterocycles. The van der Waals surface area contributed by atoms with E-state index in [0.29, 0.717) is 17.2 Å². The van der Waals surface area contributed by atoms with Crippen molar-refractivity contribution in [1.82, 2.24) is 4.72 Å². The van der Waals surface area contributed by atoms with Gasteiger partial charge in [0.25, 0.3) is 0 Å². The van der Waals surface area contributed by atoms with Crippen molar-refractivity contribution in [3.63, 3.8) is 0 Å². The molecule has 1 heterocycles. The van der Waals surface area contributed by atoms with Crippen LogP contribution in [0.15, 0.2) is 17.0 Å². The monoisotopic (exact) mass is 318 g/mol. The fourth-order valence-electron chi connectivity index (χ4n) is 2.26. The number of rotatable bonds is 4. The number of nitrogens with two attached hydrogens (primary N) is 1. The van der Waals surface area contributed by atoms with Gasteiger partial charge in [0.15, 0.2) is 0 Å². The highest BCUT2D eigenvalue weighted by Gasteiger charge is 2.31. The van der Waals surface area contributed by atoms with E-state index in [-0.39, 0.29) is 17.1 Å². The van der Waals surface area contributed by atoms with Crippen LogP contribution in [0.25, 0.3) is 0 Å². The molecule has 0 bridgehead atoms. The van der Waals surface area contributed by atoms with Crippen LogP contribution in [0, 0.1) is 6.92 Å². The molecule has 1 unspecified atom stereocenters. The fraction of sp³-hybridized carbons (Fsp3) is 0.538. The maximum atomic E-state index is 12.4. The molecule has 1 fully saturated rings. The average molecular weight is 319 g/mol. The topological polar surface area (TPSA) is 81.4 Å². The SMILES string of the molecule is Cc1cc(Cl)c(N)cc1S(=O)(=O)NCC1(C)CCCO1. The summed E-state index contributed by atoms with van der Waals surface area (Å²) in [5.41, 5.74) is 6.07. The van der Waals surface area contributed by atoms with Gasteiger partial charge in [-0.15, -0.1) is 0 Å². The fourth-order valence-corrected chi connectivity index (χ4v) is 3.89. The van der Waals surface area contributed by atoms with E-state index >= 15 is 0 Å². The Bertz CT molecular complexity index is 610. The van der Waals surface area contributed by atoms with E-state index in [2.05, 4.69) is 4.72 Å². The number of sulfonamides is 1. The molecule has 5 nitrogen and oxygen atoms in total. The molecule has 2 rings (SSSR count). The molecule has 0 radical (unpaired) electrons. The van der Waals surface area contributed by atoms with E-state index in [0.717, 1.165) is 12.8 Å². The molecule has 3 N–H and O–H groups in total. The first-order valence-electron chi connectivity index (χ1n) is 6.43. The van der Waals surface area contributed by atoms with Crippen LogP contribution in [-0.4, -0.2) is 27.2 Å². The third kappa shape index (κ3) is 3.25. The van der Waals surface area contributed by atoms with E-state index < -0.39 is 15.6 Å². The quantitative estimate of drug-likeness (QED) is 0.833. The number of halogens is 1. The average Bonchev–Trinajstić information content (AvgIpc) is 2.79. The summed E-state index contributed by atoms with van der Waals surface area (Å²) in [4.78, 5) is 0.154. The highest BCUT2D eigenvalue weighted by molar-refractivity contribution is 7.89. The molecular formula is C13H19ClN2O3S. The minimum absolute atomic E-state index is 0.154. The zero-order valence-corrected chi connectivity index (χ0v) is 13.1. The van der Waals surface area contributed by atoms with Crippen molar-refractivity contribution in [1.29, 1.82) is 0 Å². The van der Waals surface area contributed by atoms with Crippen LogP contribution in [-0.2, 0) is 14.8 Å². The van der Waals surface area contributed by atoms with Gasteiger partial charge in [-0.3, -0.25) is 0 Å². The second-order valence-corrected chi connectivity index (χ2v) is 7.51. The van der Waals surface area contributed by atoms with Gasteiger partial charge < -0.3 is 10.5 Å². The number of hydrogen-bond acceptors (Lipinski definition) is 4. The van der Waals surface area contributed by atoms with Crippen molar-refractivity contribution in [2.45, 2.75) is 37.2 Å². The molecule has 112 valence electrons. The molecule has 7 heteroatoms. The van der Waals surface area contributed by atoms with Crippen molar-refractivity contribution in [2.24, 2.45) is 0 Å². The number of aryl methyl sites for hydroxylation is 1. The van der Waals surface area contributed by atoms with Crippen molar-refractivity contribution in [2.75, 3.05) is 18.9 Å². The number of ether oxygens (including phenoxy) is 1. The molecule has 1 aliphatic heterocycles. The number of nitrogens with one attached hydrogen (secondary N) is 1. The van der Waals surface area contributed by atoms with E-state index in [1.165, 1.54) is 6.07 Å². The summed E-state index contributed by atoms with van der Waals surface area (Å²) in [6.45, 7) is 4.52. The highest BCUT2D eigenvalue weighted by atomic mass is 35.5. The summed E-state index contributed by atoms with van der Waals surface area (Å²) in [5.74, 6) is 0. The third-order valence-electron chi connectivity index (χ3n) is 3.52. The maximum absolute atomic E-state index is 12.4. The Morgan fingerprint density at radius 2 is 2.20 bits per heavy atom. The molecule has 1 aromatic rings. The highest BCUT2D eigenvalue weighted by Crippen LogP contribution is 2.28. The maximum Gasteiger partial charge on any atom is 0.241 e. The second-order valence-electron chi connectivity index (χ2n) is 5.37. The van der Waals surface area contributed by atoms with Crippen LogP contribution in [0.1, 0.15) is 25.3 Å². The van der Waals surface area contributed by atoms with Gasteiger partial charge >= 0.3 is 0 Å². The zero-order chi connectivity index (χ0) is 15.0. The molecular weight excluding hydrogens is 300 g/mol. The van der Waals surface area contributed by atoms with Crippen LogP contribution in [0.4, 0.5) is 5.69 Å². The van der Waals surface area contributed by atoms with Crippen molar-refractivity contribution in [3.05, 3.63) is 22.7 Å². The van der Waals surface area contributed by atoms with Crippen molar-refractivity contribution in [3.8, 4) is 0 Å². The molecule has 1 atom stereocenters. The lowest BCUT2D eigenvalue weighted by Gasteiger charge is -2.23. The molecule has 0 saturated carbocycles. The molecule has 1 saturated heterocycles. The first kappa shape index (κ1) is 15.6. The van der Waals surface area contributed by atoms with Crippen LogP contribution in [0.2, 0.25) is 5.02 Å². The van der Waals surface area contributed by atoms with Crippen LogP contribution in [0.5, 0.6) is 0 Å². The van der Waals surface area contributed by atoms with Crippen LogP contribution < -0.4 is 10.5 Å². The Morgan fingerprint density at radius 3 is 2.80 bits per heavy atom. The van der Waals surface area contributed by atoms with Gasteiger partial charge in [0.2, 0.25) is 10.0 Å². The minimum atomic E-state index is -3.62. The largest absolute Gasteiger partial charge is 0.397 e. The zero-order valence-electron chi connectivity index (χ0n) is 11.6. The van der Waals surface area contributed by atoms with E-state index in [4.69, 9.17) is 22.1 Å². The Hall–Kier alpha value is -0.820. The number of hydrogen-bond donors (Lipinski definition) is 2. The standard InChI is InChI=1S/C13H19ClN2O3S/c1-9-6-10(14)11(15)7-12(9)20(17,18)16-8-13(2)4-3-5-19-13/h6-7,16H,3-5,8,15H2,1-2H3. The summed E-state index contributed by atoms with van der Waals surface area (Å²) in [6.07, 6.45) is 1.79.